The number of hydrogen-bond donors (Lipinski definition) is 0. The molecule has 8 rings (SSSR count). The highest BCUT2D eigenvalue weighted by molar-refractivity contribution is 9.11. The second kappa shape index (κ2) is 27.6. The second-order valence-corrected chi connectivity index (χ2v) is 34.3. The number of aromatic nitrogens is 2. The molecule has 1 aromatic carbocycles. The van der Waals surface area contributed by atoms with Crippen LogP contribution in [-0.2, 0) is 10.3 Å². The summed E-state index contributed by atoms with van der Waals surface area (Å²) in [4.78, 5) is 5.32. The molecule has 4 aromatic rings. The van der Waals surface area contributed by atoms with Gasteiger partial charge in [-0.1, -0.05) is 176 Å². The topological polar surface area (TPSA) is 44.2 Å². The summed E-state index contributed by atoms with van der Waals surface area (Å²) in [7, 11) is 0. The normalized spacial score (nSPS) is 22.8. The van der Waals surface area contributed by atoms with Gasteiger partial charge in [0, 0.05) is 38.6 Å². The van der Waals surface area contributed by atoms with Gasteiger partial charge in [-0.2, -0.15) is 8.75 Å². The summed E-state index contributed by atoms with van der Waals surface area (Å²) in [5.41, 5.74) is 2.89. The van der Waals surface area contributed by atoms with Gasteiger partial charge in [0.25, 0.3) is 0 Å². The zero-order valence-corrected chi connectivity index (χ0v) is 56.0. The van der Waals surface area contributed by atoms with Crippen molar-refractivity contribution in [3.8, 4) is 16.2 Å². The summed E-state index contributed by atoms with van der Waals surface area (Å²) in [5.74, 6) is 5.41. The molecule has 4 nitrogen and oxygen atoms in total. The lowest BCUT2D eigenvalue weighted by Crippen LogP contribution is -2.41. The van der Waals surface area contributed by atoms with Crippen LogP contribution in [0.3, 0.4) is 0 Å². The van der Waals surface area contributed by atoms with Gasteiger partial charge >= 0.3 is 0 Å². The predicted octanol–water partition coefficient (Wildman–Crippen LogP) is 24.0. The summed E-state index contributed by atoms with van der Waals surface area (Å²) in [6.07, 6.45) is 24.0. The Bertz CT molecular complexity index is 2620. The zero-order chi connectivity index (χ0) is 55.3. The van der Waals surface area contributed by atoms with Crippen LogP contribution in [0.4, 0.5) is 8.78 Å². The number of halogens is 4. The van der Waals surface area contributed by atoms with Gasteiger partial charge in [0.1, 0.15) is 33.7 Å². The van der Waals surface area contributed by atoms with Crippen molar-refractivity contribution in [2.45, 2.75) is 245 Å². The lowest BCUT2D eigenvalue weighted by atomic mass is 9.76. The first-order chi connectivity index (χ1) is 36.7. The number of hydrogen-bond acceptors (Lipinski definition) is 9. The van der Waals surface area contributed by atoms with Crippen LogP contribution >= 0.6 is 89.8 Å². The van der Waals surface area contributed by atoms with E-state index in [9.17, 15) is 0 Å². The Morgan fingerprint density at radius 3 is 1.60 bits per heavy atom. The summed E-state index contributed by atoms with van der Waals surface area (Å²) in [5, 5.41) is -0.377. The van der Waals surface area contributed by atoms with Gasteiger partial charge in [-0.25, -0.2) is 8.78 Å². The van der Waals surface area contributed by atoms with Crippen LogP contribution in [0.2, 0.25) is 0 Å². The molecule has 4 aliphatic heterocycles. The number of ether oxygens (including phenoxy) is 2. The molecule has 77 heavy (non-hydrogen) atoms. The fraction of sp³-hybridized carbons (Fsp3) is 0.719. The SMILES string of the molecule is CC(C)CCCC(C)CCC1(CCC(C)CCCC(C)C)Oc2cc(Br)sc2C2=C1CC(c1c(F)c(F)c(-c3cc4c(s3)C3=C(CC(Br)S3)OC4(CCC(C)CCCC(C)C)CCC(C)CCCC(C)C)c3nsnc13)S2. The number of rotatable bonds is 30. The number of nitrogens with zero attached hydrogens (tertiary/aromatic N) is 2. The Morgan fingerprint density at radius 1 is 0.571 bits per heavy atom. The Labute approximate surface area is 501 Å². The number of thiophene rings is 2. The van der Waals surface area contributed by atoms with Gasteiger partial charge in [-0.15, -0.1) is 46.2 Å². The summed E-state index contributed by atoms with van der Waals surface area (Å²) >= 11 is 15.7. The maximum Gasteiger partial charge on any atom is 0.170 e. The van der Waals surface area contributed by atoms with E-state index in [2.05, 4.69) is 127 Å². The van der Waals surface area contributed by atoms with Crippen LogP contribution in [0.15, 0.2) is 27.3 Å². The molecule has 428 valence electrons. The molecule has 7 heterocycles. The molecule has 0 spiro atoms. The minimum absolute atomic E-state index is 0.199. The van der Waals surface area contributed by atoms with Gasteiger partial charge in [0.2, 0.25) is 0 Å². The highest BCUT2D eigenvalue weighted by Crippen LogP contribution is 2.65. The van der Waals surface area contributed by atoms with E-state index >= 15 is 8.78 Å². The smallest absolute Gasteiger partial charge is 0.170 e. The van der Waals surface area contributed by atoms with E-state index in [0.29, 0.717) is 75.2 Å². The van der Waals surface area contributed by atoms with Crippen molar-refractivity contribution in [3.63, 3.8) is 0 Å². The van der Waals surface area contributed by atoms with Crippen molar-refractivity contribution in [1.29, 1.82) is 0 Å². The lowest BCUT2D eigenvalue weighted by Gasteiger charge is -2.41. The fourth-order valence-electron chi connectivity index (χ4n) is 12.7. The quantitative estimate of drug-likeness (QED) is 0.0485. The van der Waals surface area contributed by atoms with E-state index in [1.165, 1.54) is 87.5 Å². The third kappa shape index (κ3) is 15.1. The van der Waals surface area contributed by atoms with Gasteiger partial charge in [0.05, 0.1) is 39.9 Å². The molecule has 0 aliphatic carbocycles. The van der Waals surface area contributed by atoms with Crippen molar-refractivity contribution in [3.05, 3.63) is 59.8 Å². The largest absolute Gasteiger partial charge is 0.486 e. The van der Waals surface area contributed by atoms with E-state index in [1.54, 1.807) is 46.2 Å². The number of benzene rings is 1. The Kier molecular flexibility index (Phi) is 22.3. The Morgan fingerprint density at radius 2 is 1.08 bits per heavy atom. The first kappa shape index (κ1) is 62.1. The van der Waals surface area contributed by atoms with Gasteiger partial charge in [0.15, 0.2) is 11.6 Å². The van der Waals surface area contributed by atoms with Gasteiger partial charge in [-0.3, -0.25) is 0 Å². The molecule has 0 radical (unpaired) electrons. The molecule has 6 unspecified atom stereocenters. The van der Waals surface area contributed by atoms with E-state index in [4.69, 9.17) is 18.2 Å². The molecule has 6 atom stereocenters. The molecule has 0 N–H and O–H groups in total. The van der Waals surface area contributed by atoms with Gasteiger partial charge < -0.3 is 9.47 Å². The third-order valence-corrected chi connectivity index (χ3v) is 24.5. The second-order valence-electron chi connectivity index (χ2n) is 26.1. The number of fused-ring (bicyclic) bond motifs is 5. The third-order valence-electron chi connectivity index (χ3n) is 17.5. The van der Waals surface area contributed by atoms with Crippen LogP contribution in [0.25, 0.3) is 31.3 Å². The molecule has 0 fully saturated rings. The van der Waals surface area contributed by atoms with Crippen molar-refractivity contribution in [2.24, 2.45) is 47.3 Å². The summed E-state index contributed by atoms with van der Waals surface area (Å²) in [6, 6.07) is 4.34. The average Bonchev–Trinajstić information content (AvgIpc) is 4.43. The summed E-state index contributed by atoms with van der Waals surface area (Å²) in [6.45, 7) is 28.2. The maximum atomic E-state index is 17.9. The lowest BCUT2D eigenvalue weighted by molar-refractivity contribution is -0.0315. The number of thioether (sulfide) groups is 2. The van der Waals surface area contributed by atoms with E-state index in [0.717, 1.165) is 105 Å². The molecule has 4 aliphatic rings. The molecule has 0 saturated carbocycles. The predicted molar refractivity (Wildman–Crippen MR) is 341 cm³/mol. The Balaban J connectivity index is 1.15. The highest BCUT2D eigenvalue weighted by Gasteiger charge is 2.50. The maximum absolute atomic E-state index is 17.9. The van der Waals surface area contributed by atoms with Crippen molar-refractivity contribution in [1.82, 2.24) is 8.75 Å². The first-order valence-electron chi connectivity index (χ1n) is 30.1. The minimum Gasteiger partial charge on any atom is -0.486 e. The van der Waals surface area contributed by atoms with Crippen LogP contribution in [0, 0.1) is 59.0 Å². The molecule has 13 heteroatoms. The first-order valence-corrected chi connectivity index (χ1v) is 35.9. The zero-order valence-electron chi connectivity index (χ0n) is 48.7. The molecular formula is C64H92Br2F2N2O2S5. The van der Waals surface area contributed by atoms with Crippen molar-refractivity contribution in [2.75, 3.05) is 0 Å². The number of allylic oxidation sites excluding steroid dienone is 1. The molecule has 0 amide bonds. The van der Waals surface area contributed by atoms with Crippen LogP contribution in [0.5, 0.6) is 5.75 Å². The van der Waals surface area contributed by atoms with E-state index in [1.807, 2.05) is 0 Å². The van der Waals surface area contributed by atoms with Crippen LogP contribution in [-0.4, -0.2) is 18.5 Å². The van der Waals surface area contributed by atoms with Crippen molar-refractivity contribution >= 4 is 111 Å². The van der Waals surface area contributed by atoms with Gasteiger partial charge in [-0.05, 0) is 133 Å². The average molecular weight is 1280 g/mol. The van der Waals surface area contributed by atoms with Crippen molar-refractivity contribution < 1.29 is 18.3 Å². The minimum atomic E-state index is -0.813. The molecule has 0 bridgehead atoms. The number of alkyl halides is 1. The molecular weight excluding hydrogens is 1190 g/mol. The van der Waals surface area contributed by atoms with Crippen LogP contribution < -0.4 is 4.74 Å². The van der Waals surface area contributed by atoms with E-state index < -0.39 is 22.8 Å². The fourth-order valence-corrected chi connectivity index (χ4v) is 19.8. The Hall–Kier alpha value is -0.960. The monoisotopic (exact) mass is 1280 g/mol. The summed E-state index contributed by atoms with van der Waals surface area (Å²) < 4.78 is 61.8. The molecule has 0 saturated heterocycles. The standard InChI is InChI=1S/C64H92Br2F2N2O2S5/c1-37(2)17-13-21-41(9)25-29-63(30-26-42(10)22-14-18-38(3)4)45-33-49(73-59(45)61-47(71-63)35-51(65)75-61)53-55(67)56(68)54(58-57(53)69-77-70-58)50-34-46-60(74-50)62-48(36-52(66)76-62)72-64(46,31-27-43(11)23-15-19-39(5)6)32-28-44(12)24-16-20-40(7)8/h33,36-44,50-51H,13-32,34-35H2,1-12H3. The van der Waals surface area contributed by atoms with E-state index in [-0.39, 0.29) is 15.0 Å². The molecule has 3 aromatic heterocycles. The highest BCUT2D eigenvalue weighted by atomic mass is 79.9. The van der Waals surface area contributed by atoms with Crippen LogP contribution in [0.1, 0.15) is 250 Å².